The molecule has 0 heteroatoms. The fourth-order valence-corrected chi connectivity index (χ4v) is 1.39. The number of allylic oxidation sites excluding steroid dienone is 2. The van der Waals surface area contributed by atoms with Gasteiger partial charge in [0, 0.05) is 0 Å². The van der Waals surface area contributed by atoms with Gasteiger partial charge in [-0.05, 0) is 23.7 Å². The van der Waals surface area contributed by atoms with E-state index in [0.717, 1.165) is 23.7 Å². The molecule has 0 N–H and O–H groups in total. The molecule has 1 fully saturated rings. The molecule has 0 heterocycles. The van der Waals surface area contributed by atoms with Crippen LogP contribution in [0, 0.1) is 23.7 Å². The highest BCUT2D eigenvalue weighted by atomic mass is 14.3. The number of hydrogen-bond acceptors (Lipinski definition) is 0. The van der Waals surface area contributed by atoms with E-state index in [1.807, 2.05) is 0 Å². The first-order chi connectivity index (χ1) is 5.61. The van der Waals surface area contributed by atoms with Gasteiger partial charge in [-0.2, -0.15) is 0 Å². The zero-order valence-corrected chi connectivity index (χ0v) is 8.88. The Morgan fingerprint density at radius 3 is 1.08 bits per heavy atom. The average Bonchev–Trinajstić information content (AvgIpc) is 2.12. The van der Waals surface area contributed by atoms with Gasteiger partial charge in [0.25, 0.3) is 0 Å². The second-order valence-corrected chi connectivity index (χ2v) is 4.64. The molecule has 70 valence electrons. The van der Waals surface area contributed by atoms with E-state index in [0.29, 0.717) is 0 Å². The number of hydrogen-bond donors (Lipinski definition) is 0. The van der Waals surface area contributed by atoms with E-state index in [4.69, 9.17) is 0 Å². The van der Waals surface area contributed by atoms with Crippen LogP contribution in [0.2, 0.25) is 0 Å². The van der Waals surface area contributed by atoms with Crippen molar-refractivity contribution in [2.24, 2.45) is 23.7 Å². The van der Waals surface area contributed by atoms with Crippen molar-refractivity contribution < 1.29 is 0 Å². The molecular formula is C12H22. The lowest BCUT2D eigenvalue weighted by atomic mass is 9.77. The fraction of sp³-hybridized carbons (Fsp3) is 0.833. The topological polar surface area (TPSA) is 0 Å². The maximum absolute atomic E-state index is 2.33. The summed E-state index contributed by atoms with van der Waals surface area (Å²) in [6.07, 6.45) is 7.43. The maximum atomic E-state index is 2.33. The summed E-state index contributed by atoms with van der Waals surface area (Å²) in [6.45, 7) is 9.14. The lowest BCUT2D eigenvalue weighted by Crippen LogP contribution is -2.18. The Morgan fingerprint density at radius 2 is 1.08 bits per heavy atom. The molecule has 4 atom stereocenters. The van der Waals surface area contributed by atoms with Crippen LogP contribution in [0.25, 0.3) is 0 Å². The highest BCUT2D eigenvalue weighted by Crippen LogP contribution is 2.32. The zero-order chi connectivity index (χ0) is 9.14. The molecule has 0 aromatic carbocycles. The molecule has 12 heavy (non-hydrogen) atoms. The van der Waals surface area contributed by atoms with Gasteiger partial charge in [0.15, 0.2) is 0 Å². The molecule has 0 nitrogen and oxygen atoms in total. The molecule has 0 radical (unpaired) electrons. The summed E-state index contributed by atoms with van der Waals surface area (Å²) < 4.78 is 0. The van der Waals surface area contributed by atoms with Gasteiger partial charge in [-0.25, -0.2) is 0 Å². The fourth-order valence-electron chi connectivity index (χ4n) is 1.39. The van der Waals surface area contributed by atoms with Crippen molar-refractivity contribution in [3.8, 4) is 0 Å². The van der Waals surface area contributed by atoms with Crippen LogP contribution in [0.3, 0.4) is 0 Å². The first kappa shape index (κ1) is 9.83. The van der Waals surface area contributed by atoms with E-state index < -0.39 is 0 Å². The van der Waals surface area contributed by atoms with E-state index in [-0.39, 0.29) is 0 Å². The molecule has 2 rings (SSSR count). The normalized spacial score (nSPS) is 43.7. The summed E-state index contributed by atoms with van der Waals surface area (Å²) in [4.78, 5) is 0. The summed E-state index contributed by atoms with van der Waals surface area (Å²) in [5.74, 6) is 3.77. The predicted molar refractivity (Wildman–Crippen MR) is 55.0 cm³/mol. The Morgan fingerprint density at radius 1 is 0.750 bits per heavy atom. The molecule has 0 bridgehead atoms. The van der Waals surface area contributed by atoms with Crippen LogP contribution < -0.4 is 0 Å². The van der Waals surface area contributed by atoms with Crippen LogP contribution >= 0.6 is 0 Å². The van der Waals surface area contributed by atoms with Gasteiger partial charge in [0.2, 0.25) is 0 Å². The highest BCUT2D eigenvalue weighted by Gasteiger charge is 2.20. The summed E-state index contributed by atoms with van der Waals surface area (Å²) in [5, 5.41) is 0. The van der Waals surface area contributed by atoms with Crippen molar-refractivity contribution in [2.75, 3.05) is 0 Å². The lowest BCUT2D eigenvalue weighted by molar-refractivity contribution is 0.219. The van der Waals surface area contributed by atoms with Gasteiger partial charge < -0.3 is 0 Å². The first-order valence-corrected chi connectivity index (χ1v) is 5.29. The van der Waals surface area contributed by atoms with Crippen molar-refractivity contribution in [3.63, 3.8) is 0 Å². The Kier molecular flexibility index (Phi) is 3.37. The Balaban J connectivity index is 0.000000120. The molecule has 2 aliphatic rings. The summed E-state index contributed by atoms with van der Waals surface area (Å²) in [7, 11) is 0. The van der Waals surface area contributed by atoms with Crippen molar-refractivity contribution in [3.05, 3.63) is 12.2 Å². The van der Waals surface area contributed by atoms with E-state index in [1.54, 1.807) is 0 Å². The first-order valence-electron chi connectivity index (χ1n) is 5.29. The third-order valence-electron chi connectivity index (χ3n) is 3.60. The molecule has 0 aromatic rings. The molecule has 0 spiro atoms. The minimum Gasteiger partial charge on any atom is -0.0848 e. The van der Waals surface area contributed by atoms with Crippen LogP contribution in [0.5, 0.6) is 0 Å². The second kappa shape index (κ2) is 4.11. The monoisotopic (exact) mass is 166 g/mol. The van der Waals surface area contributed by atoms with E-state index in [1.165, 1.54) is 12.8 Å². The van der Waals surface area contributed by atoms with Gasteiger partial charge in [-0.15, -0.1) is 0 Å². The zero-order valence-electron chi connectivity index (χ0n) is 8.88. The van der Waals surface area contributed by atoms with Crippen molar-refractivity contribution in [1.82, 2.24) is 0 Å². The van der Waals surface area contributed by atoms with Crippen molar-refractivity contribution in [2.45, 2.75) is 40.5 Å². The van der Waals surface area contributed by atoms with Crippen molar-refractivity contribution >= 4 is 0 Å². The van der Waals surface area contributed by atoms with Gasteiger partial charge in [-0.1, -0.05) is 52.7 Å². The molecule has 0 aromatic heterocycles. The minimum atomic E-state index is 0.852. The molecule has 0 aliphatic heterocycles. The quantitative estimate of drug-likeness (QED) is 0.479. The molecule has 1 saturated carbocycles. The maximum Gasteiger partial charge on any atom is -0.0201 e. The van der Waals surface area contributed by atoms with Crippen LogP contribution in [-0.2, 0) is 0 Å². The van der Waals surface area contributed by atoms with Crippen LogP contribution in [0.15, 0.2) is 12.2 Å². The average molecular weight is 166 g/mol. The minimum absolute atomic E-state index is 0.852. The predicted octanol–water partition coefficient (Wildman–Crippen LogP) is 3.88. The van der Waals surface area contributed by atoms with E-state index in [2.05, 4.69) is 39.8 Å². The second-order valence-electron chi connectivity index (χ2n) is 4.64. The third kappa shape index (κ3) is 2.36. The molecular weight excluding hydrogens is 144 g/mol. The van der Waals surface area contributed by atoms with Gasteiger partial charge in [-0.3, -0.25) is 0 Å². The van der Waals surface area contributed by atoms with Crippen LogP contribution in [0.4, 0.5) is 0 Å². The molecule has 0 saturated heterocycles. The number of rotatable bonds is 0. The third-order valence-corrected chi connectivity index (χ3v) is 3.60. The largest absolute Gasteiger partial charge is 0.0848 e. The molecule has 0 amide bonds. The standard InChI is InChI=1S/C6H12.C6H10/c2*1-5-3-4-6(5)2/h5-6H,3-4H2,1-2H3;3-6H,1-2H3. The Hall–Kier alpha value is -0.260. The highest BCUT2D eigenvalue weighted by molar-refractivity contribution is 5.04. The van der Waals surface area contributed by atoms with Gasteiger partial charge in [0.05, 0.1) is 0 Å². The smallest absolute Gasteiger partial charge is 0.0201 e. The Labute approximate surface area is 77.1 Å². The molecule has 4 unspecified atom stereocenters. The summed E-state index contributed by atoms with van der Waals surface area (Å²) in [6, 6.07) is 0. The van der Waals surface area contributed by atoms with Crippen LogP contribution in [0.1, 0.15) is 40.5 Å². The molecule has 2 aliphatic carbocycles. The SMILES string of the molecule is CC1C=CC1C.CC1CCC1C. The van der Waals surface area contributed by atoms with Crippen molar-refractivity contribution in [1.29, 1.82) is 0 Å². The van der Waals surface area contributed by atoms with Gasteiger partial charge >= 0.3 is 0 Å². The van der Waals surface area contributed by atoms with Gasteiger partial charge in [0.1, 0.15) is 0 Å². The Bertz CT molecular complexity index is 139. The van der Waals surface area contributed by atoms with E-state index in [9.17, 15) is 0 Å². The lowest BCUT2D eigenvalue weighted by Gasteiger charge is -2.29. The van der Waals surface area contributed by atoms with Crippen LogP contribution in [-0.4, -0.2) is 0 Å². The van der Waals surface area contributed by atoms with E-state index >= 15 is 0 Å². The summed E-state index contributed by atoms with van der Waals surface area (Å²) in [5.41, 5.74) is 0. The summed E-state index contributed by atoms with van der Waals surface area (Å²) >= 11 is 0.